The Labute approximate surface area is 98.3 Å². The predicted octanol–water partition coefficient (Wildman–Crippen LogP) is 2.33. The number of ether oxygens (including phenoxy) is 1. The summed E-state index contributed by atoms with van der Waals surface area (Å²) >= 11 is 0. The van der Waals surface area contributed by atoms with Crippen LogP contribution in [0.4, 0.5) is 4.39 Å². The second kappa shape index (κ2) is 4.97. The first-order valence-corrected chi connectivity index (χ1v) is 5.32. The third-order valence-corrected chi connectivity index (χ3v) is 2.28. The molecule has 1 N–H and O–H groups in total. The summed E-state index contributed by atoms with van der Waals surface area (Å²) in [5.74, 6) is 0.459. The zero-order valence-electron chi connectivity index (χ0n) is 9.43. The van der Waals surface area contributed by atoms with Gasteiger partial charge in [0, 0.05) is 12.6 Å². The van der Waals surface area contributed by atoms with E-state index >= 15 is 0 Å². The number of aliphatic hydroxyl groups excluding tert-OH is 1. The lowest BCUT2D eigenvalue weighted by Crippen LogP contribution is -1.92. The number of hydrogen-bond acceptors (Lipinski definition) is 3. The summed E-state index contributed by atoms with van der Waals surface area (Å²) in [6.45, 7) is 2.49. The van der Waals surface area contributed by atoms with Gasteiger partial charge < -0.3 is 9.84 Å². The summed E-state index contributed by atoms with van der Waals surface area (Å²) in [6, 6.07) is 4.12. The number of nitrogens with zero attached hydrogens (tertiary/aromatic N) is 2. The molecule has 90 valence electrons. The molecule has 17 heavy (non-hydrogen) atoms. The van der Waals surface area contributed by atoms with Crippen LogP contribution in [0.15, 0.2) is 30.6 Å². The van der Waals surface area contributed by atoms with Gasteiger partial charge in [0.2, 0.25) is 0 Å². The molecule has 0 radical (unpaired) electrons. The molecule has 0 fully saturated rings. The molecular formula is C12H13FN2O2. The van der Waals surface area contributed by atoms with Gasteiger partial charge in [-0.3, -0.25) is 4.68 Å². The van der Waals surface area contributed by atoms with Gasteiger partial charge in [0.15, 0.2) is 5.75 Å². The normalized spacial score (nSPS) is 10.5. The van der Waals surface area contributed by atoms with Crippen molar-refractivity contribution in [2.75, 3.05) is 0 Å². The molecule has 1 aromatic carbocycles. The molecule has 1 heterocycles. The van der Waals surface area contributed by atoms with E-state index in [1.165, 1.54) is 12.1 Å². The molecule has 4 nitrogen and oxygen atoms in total. The fourth-order valence-electron chi connectivity index (χ4n) is 1.48. The highest BCUT2D eigenvalue weighted by Gasteiger charge is 2.04. The first kappa shape index (κ1) is 11.6. The molecule has 0 amide bonds. The molecule has 0 unspecified atom stereocenters. The minimum atomic E-state index is -0.436. The molecule has 0 aliphatic carbocycles. The number of aromatic nitrogens is 2. The molecule has 5 heteroatoms. The minimum absolute atomic E-state index is 0.220. The van der Waals surface area contributed by atoms with Gasteiger partial charge >= 0.3 is 0 Å². The lowest BCUT2D eigenvalue weighted by molar-refractivity contribution is 0.280. The number of aliphatic hydroxyl groups is 1. The van der Waals surface area contributed by atoms with Crippen molar-refractivity contribution in [3.05, 3.63) is 42.0 Å². The Kier molecular flexibility index (Phi) is 3.39. The van der Waals surface area contributed by atoms with Crippen LogP contribution in [-0.2, 0) is 13.2 Å². The van der Waals surface area contributed by atoms with E-state index in [0.717, 1.165) is 6.54 Å². The summed E-state index contributed by atoms with van der Waals surface area (Å²) in [5.41, 5.74) is 0.475. The maximum Gasteiger partial charge on any atom is 0.165 e. The molecule has 0 saturated carbocycles. The molecule has 0 aliphatic heterocycles. The van der Waals surface area contributed by atoms with E-state index in [1.54, 1.807) is 23.1 Å². The second-order valence-corrected chi connectivity index (χ2v) is 3.59. The van der Waals surface area contributed by atoms with Crippen LogP contribution < -0.4 is 4.74 Å². The fraction of sp³-hybridized carbons (Fsp3) is 0.250. The van der Waals surface area contributed by atoms with Crippen LogP contribution in [0.1, 0.15) is 12.5 Å². The smallest absolute Gasteiger partial charge is 0.165 e. The molecule has 0 aliphatic rings. The summed E-state index contributed by atoms with van der Waals surface area (Å²) in [6.07, 6.45) is 3.29. The van der Waals surface area contributed by atoms with E-state index in [2.05, 4.69) is 5.10 Å². The van der Waals surface area contributed by atoms with Gasteiger partial charge in [0.1, 0.15) is 11.6 Å². The maximum atomic E-state index is 13.2. The van der Waals surface area contributed by atoms with Crippen LogP contribution in [0.5, 0.6) is 11.5 Å². The summed E-state index contributed by atoms with van der Waals surface area (Å²) in [4.78, 5) is 0. The average Bonchev–Trinajstić information content (AvgIpc) is 2.76. The molecule has 0 bridgehead atoms. The van der Waals surface area contributed by atoms with Crippen LogP contribution in [0.3, 0.4) is 0 Å². The van der Waals surface area contributed by atoms with E-state index in [1.807, 2.05) is 6.92 Å². The van der Waals surface area contributed by atoms with Crippen molar-refractivity contribution in [1.29, 1.82) is 0 Å². The topological polar surface area (TPSA) is 47.3 Å². The third-order valence-electron chi connectivity index (χ3n) is 2.28. The van der Waals surface area contributed by atoms with E-state index in [4.69, 9.17) is 9.84 Å². The Bertz CT molecular complexity index is 511. The standard InChI is InChI=1S/C12H13FN2O2/c1-2-15-7-12(6-14-15)17-11-4-9(8-16)3-10(13)5-11/h3-7,16H,2,8H2,1H3. The number of benzene rings is 1. The van der Waals surface area contributed by atoms with E-state index in [9.17, 15) is 4.39 Å². The number of aryl methyl sites for hydroxylation is 1. The van der Waals surface area contributed by atoms with Gasteiger partial charge in [-0.25, -0.2) is 4.39 Å². The number of rotatable bonds is 4. The van der Waals surface area contributed by atoms with Crippen LogP contribution in [0.2, 0.25) is 0 Å². The highest BCUT2D eigenvalue weighted by molar-refractivity contribution is 5.32. The highest BCUT2D eigenvalue weighted by atomic mass is 19.1. The lowest BCUT2D eigenvalue weighted by atomic mass is 10.2. The summed E-state index contributed by atoms with van der Waals surface area (Å²) in [7, 11) is 0. The Balaban J connectivity index is 2.20. The number of halogens is 1. The van der Waals surface area contributed by atoms with Gasteiger partial charge in [-0.2, -0.15) is 5.10 Å². The van der Waals surface area contributed by atoms with Crippen molar-refractivity contribution in [1.82, 2.24) is 9.78 Å². The molecule has 0 spiro atoms. The van der Waals surface area contributed by atoms with E-state index < -0.39 is 5.82 Å². The van der Waals surface area contributed by atoms with Crippen LogP contribution in [-0.4, -0.2) is 14.9 Å². The Morgan fingerprint density at radius 2 is 2.18 bits per heavy atom. The van der Waals surface area contributed by atoms with Crippen molar-refractivity contribution in [2.45, 2.75) is 20.1 Å². The average molecular weight is 236 g/mol. The van der Waals surface area contributed by atoms with Crippen LogP contribution >= 0.6 is 0 Å². The zero-order chi connectivity index (χ0) is 12.3. The first-order valence-electron chi connectivity index (χ1n) is 5.32. The largest absolute Gasteiger partial charge is 0.454 e. The fourth-order valence-corrected chi connectivity index (χ4v) is 1.48. The monoisotopic (exact) mass is 236 g/mol. The van der Waals surface area contributed by atoms with Gasteiger partial charge in [0.05, 0.1) is 19.0 Å². The molecule has 0 saturated heterocycles. The predicted molar refractivity (Wildman–Crippen MR) is 60.3 cm³/mol. The highest BCUT2D eigenvalue weighted by Crippen LogP contribution is 2.23. The van der Waals surface area contributed by atoms with Gasteiger partial charge in [-0.05, 0) is 24.6 Å². The van der Waals surface area contributed by atoms with E-state index in [0.29, 0.717) is 17.1 Å². The van der Waals surface area contributed by atoms with Gasteiger partial charge in [-0.1, -0.05) is 0 Å². The Morgan fingerprint density at radius 3 is 2.82 bits per heavy atom. The maximum absolute atomic E-state index is 13.2. The number of hydrogen-bond donors (Lipinski definition) is 1. The van der Waals surface area contributed by atoms with Crippen molar-refractivity contribution in [3.63, 3.8) is 0 Å². The van der Waals surface area contributed by atoms with Crippen molar-refractivity contribution >= 4 is 0 Å². The van der Waals surface area contributed by atoms with Crippen molar-refractivity contribution in [2.24, 2.45) is 0 Å². The molecule has 2 rings (SSSR count). The molecule has 2 aromatic rings. The van der Waals surface area contributed by atoms with Crippen molar-refractivity contribution in [3.8, 4) is 11.5 Å². The quantitative estimate of drug-likeness (QED) is 0.886. The SMILES string of the molecule is CCn1cc(Oc2cc(F)cc(CO)c2)cn1. The Hall–Kier alpha value is -1.88. The molecule has 1 aromatic heterocycles. The lowest BCUT2D eigenvalue weighted by Gasteiger charge is -2.04. The first-order chi connectivity index (χ1) is 8.21. The van der Waals surface area contributed by atoms with Crippen LogP contribution in [0, 0.1) is 5.82 Å². The molecular weight excluding hydrogens is 223 g/mol. The minimum Gasteiger partial charge on any atom is -0.454 e. The van der Waals surface area contributed by atoms with Gasteiger partial charge in [-0.15, -0.1) is 0 Å². The van der Waals surface area contributed by atoms with Crippen molar-refractivity contribution < 1.29 is 14.2 Å². The summed E-state index contributed by atoms with van der Waals surface area (Å²) in [5, 5.41) is 13.0. The zero-order valence-corrected chi connectivity index (χ0v) is 9.43. The third kappa shape index (κ3) is 2.82. The summed E-state index contributed by atoms with van der Waals surface area (Å²) < 4.78 is 20.3. The van der Waals surface area contributed by atoms with Crippen LogP contribution in [0.25, 0.3) is 0 Å². The van der Waals surface area contributed by atoms with E-state index in [-0.39, 0.29) is 6.61 Å². The second-order valence-electron chi connectivity index (χ2n) is 3.59. The Morgan fingerprint density at radius 1 is 1.35 bits per heavy atom. The molecule has 0 atom stereocenters. The van der Waals surface area contributed by atoms with Gasteiger partial charge in [0.25, 0.3) is 0 Å².